The molecule has 7 nitrogen and oxygen atoms in total. The van der Waals surface area contributed by atoms with E-state index in [0.29, 0.717) is 5.69 Å². The third kappa shape index (κ3) is 3.65. The van der Waals surface area contributed by atoms with Crippen molar-refractivity contribution in [1.82, 2.24) is 9.78 Å². The largest absolute Gasteiger partial charge is 0.502 e. The van der Waals surface area contributed by atoms with Crippen molar-refractivity contribution in [3.05, 3.63) is 91.0 Å². The van der Waals surface area contributed by atoms with Gasteiger partial charge in [-0.05, 0) is 36.4 Å². The van der Waals surface area contributed by atoms with Gasteiger partial charge in [-0.2, -0.15) is 0 Å². The first kappa shape index (κ1) is 18.6. The summed E-state index contributed by atoms with van der Waals surface area (Å²) in [6.45, 7) is 0. The highest BCUT2D eigenvalue weighted by molar-refractivity contribution is 7.91. The van der Waals surface area contributed by atoms with Crippen molar-refractivity contribution in [1.29, 1.82) is 0 Å². The Morgan fingerprint density at radius 2 is 1.31 bits per heavy atom. The number of rotatable bonds is 6. The number of nitrogens with one attached hydrogen (secondary N) is 2. The first-order valence-electron chi connectivity index (χ1n) is 8.82. The number of aromatic nitrogens is 2. The maximum absolute atomic E-state index is 13.0. The molecule has 0 aliphatic heterocycles. The molecule has 0 saturated carbocycles. The van der Waals surface area contributed by atoms with Crippen molar-refractivity contribution in [3.63, 3.8) is 0 Å². The number of benzene rings is 3. The number of aromatic hydroxyl groups is 1. The Hall–Kier alpha value is -3.78. The van der Waals surface area contributed by atoms with Crippen molar-refractivity contribution in [2.75, 3.05) is 10.9 Å². The second-order valence-corrected chi connectivity index (χ2v) is 8.05. The molecule has 146 valence electrons. The van der Waals surface area contributed by atoms with Crippen LogP contribution >= 0.6 is 0 Å². The molecule has 4 rings (SSSR count). The minimum atomic E-state index is -4.01. The molecule has 0 fully saturated rings. The summed E-state index contributed by atoms with van der Waals surface area (Å²) in [6, 6.07) is 26.1. The van der Waals surface area contributed by atoms with E-state index < -0.39 is 20.6 Å². The molecule has 1 aromatic heterocycles. The highest BCUT2D eigenvalue weighted by Crippen LogP contribution is 2.36. The molecule has 0 atom stereocenters. The van der Waals surface area contributed by atoms with Crippen LogP contribution in [0.3, 0.4) is 0 Å². The lowest BCUT2D eigenvalue weighted by Crippen LogP contribution is -2.12. The molecular weight excluding hydrogens is 388 g/mol. The van der Waals surface area contributed by atoms with Crippen LogP contribution < -0.4 is 10.9 Å². The smallest absolute Gasteiger partial charge is 0.229 e. The first-order valence-corrected chi connectivity index (χ1v) is 10.3. The lowest BCUT2D eigenvalue weighted by atomic mass is 10.3. The van der Waals surface area contributed by atoms with Gasteiger partial charge in [0, 0.05) is 0 Å². The van der Waals surface area contributed by atoms with Gasteiger partial charge in [0.15, 0.2) is 11.6 Å². The van der Waals surface area contributed by atoms with Crippen LogP contribution in [-0.4, -0.2) is 23.3 Å². The molecular formula is C21H18N4O3S. The minimum absolute atomic E-state index is 0.0515. The Morgan fingerprint density at radius 3 is 1.93 bits per heavy atom. The van der Waals surface area contributed by atoms with E-state index in [2.05, 4.69) is 16.0 Å². The van der Waals surface area contributed by atoms with E-state index in [1.165, 1.54) is 16.8 Å². The van der Waals surface area contributed by atoms with Gasteiger partial charge < -0.3 is 5.11 Å². The Balaban J connectivity index is 1.81. The zero-order chi connectivity index (χ0) is 20.3. The molecule has 0 spiro atoms. The predicted octanol–water partition coefficient (Wildman–Crippen LogP) is 3.85. The van der Waals surface area contributed by atoms with Crippen LogP contribution in [0, 0.1) is 0 Å². The van der Waals surface area contributed by atoms with Crippen molar-refractivity contribution in [3.8, 4) is 11.4 Å². The fraction of sp³-hybridized carbons (Fsp3) is 0. The molecule has 0 bridgehead atoms. The van der Waals surface area contributed by atoms with Gasteiger partial charge in [0.2, 0.25) is 14.9 Å². The summed E-state index contributed by atoms with van der Waals surface area (Å²) in [6.07, 6.45) is 0. The van der Waals surface area contributed by atoms with Crippen molar-refractivity contribution < 1.29 is 13.5 Å². The van der Waals surface area contributed by atoms with Gasteiger partial charge in [-0.15, -0.1) is 5.10 Å². The van der Waals surface area contributed by atoms with Crippen LogP contribution in [0.25, 0.3) is 5.69 Å². The molecule has 0 amide bonds. The monoisotopic (exact) mass is 406 g/mol. The van der Waals surface area contributed by atoms with Gasteiger partial charge in [-0.3, -0.25) is 10.9 Å². The average molecular weight is 406 g/mol. The lowest BCUT2D eigenvalue weighted by Gasteiger charge is -2.12. The molecule has 1 heterocycles. The summed E-state index contributed by atoms with van der Waals surface area (Å²) >= 11 is 0. The van der Waals surface area contributed by atoms with Crippen LogP contribution in [0.2, 0.25) is 0 Å². The highest BCUT2D eigenvalue weighted by atomic mass is 32.2. The number of sulfone groups is 1. The molecule has 8 heteroatoms. The number of hydrogen-bond acceptors (Lipinski definition) is 6. The summed E-state index contributed by atoms with van der Waals surface area (Å²) in [5.41, 5.74) is 7.16. The summed E-state index contributed by atoms with van der Waals surface area (Å²) in [5.74, 6) is -0.365. The van der Waals surface area contributed by atoms with Crippen LogP contribution in [-0.2, 0) is 9.84 Å². The number of hydrogen-bond donors (Lipinski definition) is 3. The Kier molecular flexibility index (Phi) is 4.92. The zero-order valence-corrected chi connectivity index (χ0v) is 16.0. The molecule has 0 unspecified atom stereocenters. The van der Waals surface area contributed by atoms with E-state index in [0.717, 1.165) is 5.69 Å². The number of anilines is 2. The number of hydrazine groups is 1. The van der Waals surface area contributed by atoms with E-state index in [-0.39, 0.29) is 10.7 Å². The number of nitrogens with zero attached hydrogens (tertiary/aromatic N) is 2. The van der Waals surface area contributed by atoms with E-state index in [1.807, 2.05) is 36.4 Å². The van der Waals surface area contributed by atoms with E-state index in [1.54, 1.807) is 42.5 Å². The summed E-state index contributed by atoms with van der Waals surface area (Å²) in [5, 5.41) is 14.6. The maximum atomic E-state index is 13.0. The first-order chi connectivity index (χ1) is 14.1. The molecule has 3 aromatic carbocycles. The van der Waals surface area contributed by atoms with Crippen molar-refractivity contribution in [2.45, 2.75) is 9.92 Å². The van der Waals surface area contributed by atoms with Crippen LogP contribution in [0.1, 0.15) is 0 Å². The van der Waals surface area contributed by atoms with Gasteiger partial charge in [0.1, 0.15) is 0 Å². The van der Waals surface area contributed by atoms with E-state index in [4.69, 9.17) is 0 Å². The standard InChI is InChI=1S/C21H18N4O3S/c26-19-20(23-22-16-10-4-1-5-11-16)25(17-12-6-2-7-13-17)24-21(19)29(27,28)18-14-8-3-9-15-18/h1-15,22-23,26H. The fourth-order valence-corrected chi connectivity index (χ4v) is 4.08. The van der Waals surface area contributed by atoms with Gasteiger partial charge in [-0.25, -0.2) is 13.1 Å². The van der Waals surface area contributed by atoms with Gasteiger partial charge in [0.25, 0.3) is 0 Å². The van der Waals surface area contributed by atoms with Crippen LogP contribution in [0.4, 0.5) is 11.5 Å². The summed E-state index contributed by atoms with van der Waals surface area (Å²) in [4.78, 5) is 0.0515. The Bertz CT molecular complexity index is 1210. The van der Waals surface area contributed by atoms with Crippen LogP contribution in [0.15, 0.2) is 101 Å². The van der Waals surface area contributed by atoms with Gasteiger partial charge in [0.05, 0.1) is 16.3 Å². The minimum Gasteiger partial charge on any atom is -0.502 e. The SMILES string of the molecule is O=S(=O)(c1ccccc1)c1nn(-c2ccccc2)c(NNc2ccccc2)c1O. The highest BCUT2D eigenvalue weighted by Gasteiger charge is 2.30. The molecule has 0 aliphatic rings. The van der Waals surface area contributed by atoms with E-state index >= 15 is 0 Å². The topological polar surface area (TPSA) is 96.2 Å². The predicted molar refractivity (Wildman–Crippen MR) is 111 cm³/mol. The molecule has 0 saturated heterocycles. The van der Waals surface area contributed by atoms with E-state index in [9.17, 15) is 13.5 Å². The fourth-order valence-electron chi connectivity index (χ4n) is 2.80. The quantitative estimate of drug-likeness (QED) is 0.421. The normalized spacial score (nSPS) is 11.2. The molecule has 3 N–H and O–H groups in total. The Morgan fingerprint density at radius 1 is 0.759 bits per heavy atom. The zero-order valence-electron chi connectivity index (χ0n) is 15.2. The van der Waals surface area contributed by atoms with Crippen molar-refractivity contribution in [2.24, 2.45) is 0 Å². The Labute approximate surface area is 168 Å². The summed E-state index contributed by atoms with van der Waals surface area (Å²) in [7, 11) is -4.01. The van der Waals surface area contributed by atoms with Gasteiger partial charge in [-0.1, -0.05) is 54.6 Å². The molecule has 29 heavy (non-hydrogen) atoms. The van der Waals surface area contributed by atoms with Crippen molar-refractivity contribution >= 4 is 21.3 Å². The lowest BCUT2D eigenvalue weighted by molar-refractivity contribution is 0.460. The van der Waals surface area contributed by atoms with Crippen LogP contribution in [0.5, 0.6) is 5.75 Å². The number of para-hydroxylation sites is 2. The summed E-state index contributed by atoms with van der Waals surface area (Å²) < 4.78 is 27.4. The molecule has 0 radical (unpaired) electrons. The third-order valence-electron chi connectivity index (χ3n) is 4.24. The average Bonchev–Trinajstić information content (AvgIpc) is 3.11. The molecule has 4 aromatic rings. The second-order valence-electron chi connectivity index (χ2n) is 6.18. The third-order valence-corrected chi connectivity index (χ3v) is 5.91. The maximum Gasteiger partial charge on any atom is 0.229 e. The second kappa shape index (κ2) is 7.69. The van der Waals surface area contributed by atoms with Gasteiger partial charge >= 0.3 is 0 Å². The molecule has 0 aliphatic carbocycles.